The first kappa shape index (κ1) is 15.8. The van der Waals surface area contributed by atoms with E-state index in [1.807, 2.05) is 31.3 Å². The van der Waals surface area contributed by atoms with E-state index >= 15 is 0 Å². The van der Waals surface area contributed by atoms with Crippen molar-refractivity contribution >= 4 is 6.21 Å². The summed E-state index contributed by atoms with van der Waals surface area (Å²) < 4.78 is 5.29. The minimum atomic E-state index is -0.194. The Morgan fingerprint density at radius 3 is 2.68 bits per heavy atom. The van der Waals surface area contributed by atoms with E-state index in [2.05, 4.69) is 22.4 Å². The predicted molar refractivity (Wildman–Crippen MR) is 78.4 cm³/mol. The SMILES string of the molecule is CCC=NC(C[C@@H](CO)NCc1ccccc1)OC. The Kier molecular flexibility index (Phi) is 8.05. The fraction of sp³-hybridized carbons (Fsp3) is 0.533. The van der Waals surface area contributed by atoms with Crippen LogP contribution in [-0.4, -0.2) is 37.3 Å². The molecule has 2 atom stereocenters. The summed E-state index contributed by atoms with van der Waals surface area (Å²) >= 11 is 0. The highest BCUT2D eigenvalue weighted by Crippen LogP contribution is 2.05. The summed E-state index contributed by atoms with van der Waals surface area (Å²) in [6, 6.07) is 10.1. The molecule has 0 amide bonds. The van der Waals surface area contributed by atoms with Gasteiger partial charge in [-0.25, -0.2) is 0 Å². The summed E-state index contributed by atoms with van der Waals surface area (Å²) in [5.74, 6) is 0. The third-order valence-electron chi connectivity index (χ3n) is 2.87. The number of aliphatic hydroxyl groups is 1. The van der Waals surface area contributed by atoms with Crippen molar-refractivity contribution in [2.45, 2.75) is 38.6 Å². The molecule has 1 rings (SSSR count). The van der Waals surface area contributed by atoms with Gasteiger partial charge in [0.25, 0.3) is 0 Å². The van der Waals surface area contributed by atoms with Gasteiger partial charge in [0, 0.05) is 32.3 Å². The first-order valence-corrected chi connectivity index (χ1v) is 6.72. The number of rotatable bonds is 9. The fourth-order valence-corrected chi connectivity index (χ4v) is 1.76. The molecule has 1 aromatic rings. The molecule has 19 heavy (non-hydrogen) atoms. The minimum Gasteiger partial charge on any atom is -0.395 e. The summed E-state index contributed by atoms with van der Waals surface area (Å²) in [5, 5.41) is 12.7. The van der Waals surface area contributed by atoms with Gasteiger partial charge in [-0.1, -0.05) is 37.3 Å². The smallest absolute Gasteiger partial charge is 0.149 e. The lowest BCUT2D eigenvalue weighted by Crippen LogP contribution is -2.35. The molecule has 0 saturated carbocycles. The van der Waals surface area contributed by atoms with Crippen molar-refractivity contribution < 1.29 is 9.84 Å². The summed E-state index contributed by atoms with van der Waals surface area (Å²) in [6.07, 6.45) is 3.21. The molecule has 106 valence electrons. The van der Waals surface area contributed by atoms with Gasteiger partial charge in [-0.3, -0.25) is 4.99 Å². The highest BCUT2D eigenvalue weighted by atomic mass is 16.5. The van der Waals surface area contributed by atoms with E-state index in [9.17, 15) is 5.11 Å². The van der Waals surface area contributed by atoms with Crippen molar-refractivity contribution in [1.29, 1.82) is 0 Å². The van der Waals surface area contributed by atoms with Crippen molar-refractivity contribution in [1.82, 2.24) is 5.32 Å². The van der Waals surface area contributed by atoms with Crippen LogP contribution < -0.4 is 5.32 Å². The molecule has 0 bridgehead atoms. The number of hydrogen-bond donors (Lipinski definition) is 2. The van der Waals surface area contributed by atoms with Crippen LogP contribution in [0.5, 0.6) is 0 Å². The predicted octanol–water partition coefficient (Wildman–Crippen LogP) is 1.98. The zero-order valence-electron chi connectivity index (χ0n) is 11.7. The molecule has 2 N–H and O–H groups in total. The largest absolute Gasteiger partial charge is 0.395 e. The van der Waals surface area contributed by atoms with E-state index in [4.69, 9.17) is 4.74 Å². The number of aliphatic hydroxyl groups excluding tert-OH is 1. The molecule has 0 spiro atoms. The molecule has 4 nitrogen and oxygen atoms in total. The van der Waals surface area contributed by atoms with Crippen molar-refractivity contribution in [3.05, 3.63) is 35.9 Å². The third kappa shape index (κ3) is 6.47. The second-order valence-electron chi connectivity index (χ2n) is 4.41. The zero-order chi connectivity index (χ0) is 13.9. The van der Waals surface area contributed by atoms with Crippen LogP contribution in [0.3, 0.4) is 0 Å². The van der Waals surface area contributed by atoms with Gasteiger partial charge >= 0.3 is 0 Å². The number of methoxy groups -OCH3 is 1. The molecule has 0 saturated heterocycles. The lowest BCUT2D eigenvalue weighted by molar-refractivity contribution is 0.0825. The molecule has 0 aliphatic carbocycles. The lowest BCUT2D eigenvalue weighted by atomic mass is 10.1. The quantitative estimate of drug-likeness (QED) is 0.671. The minimum absolute atomic E-state index is 0.0147. The molecule has 0 aromatic heterocycles. The molecule has 0 radical (unpaired) electrons. The maximum absolute atomic E-state index is 9.40. The zero-order valence-corrected chi connectivity index (χ0v) is 11.7. The number of aliphatic imine (C=N–C) groups is 1. The highest BCUT2D eigenvalue weighted by Gasteiger charge is 2.13. The van der Waals surface area contributed by atoms with Crippen LogP contribution >= 0.6 is 0 Å². The first-order chi connectivity index (χ1) is 9.30. The summed E-state index contributed by atoms with van der Waals surface area (Å²) in [5.41, 5.74) is 1.20. The van der Waals surface area contributed by atoms with Crippen molar-refractivity contribution in [2.24, 2.45) is 4.99 Å². The van der Waals surface area contributed by atoms with Crippen LogP contribution in [0.25, 0.3) is 0 Å². The number of ether oxygens (including phenoxy) is 1. The summed E-state index contributed by atoms with van der Waals surface area (Å²) in [4.78, 5) is 4.31. The van der Waals surface area contributed by atoms with E-state index in [0.717, 1.165) is 13.0 Å². The summed E-state index contributed by atoms with van der Waals surface area (Å²) in [7, 11) is 1.64. The van der Waals surface area contributed by atoms with Crippen LogP contribution in [0.15, 0.2) is 35.3 Å². The van der Waals surface area contributed by atoms with Crippen LogP contribution in [0, 0.1) is 0 Å². The van der Waals surface area contributed by atoms with Crippen LogP contribution in [0.4, 0.5) is 0 Å². The number of hydrogen-bond acceptors (Lipinski definition) is 4. The van der Waals surface area contributed by atoms with Crippen molar-refractivity contribution in [3.8, 4) is 0 Å². The second kappa shape index (κ2) is 9.67. The van der Waals surface area contributed by atoms with Gasteiger partial charge in [0.15, 0.2) is 0 Å². The lowest BCUT2D eigenvalue weighted by Gasteiger charge is -2.20. The third-order valence-corrected chi connectivity index (χ3v) is 2.87. The molecular formula is C15H24N2O2. The normalized spacial score (nSPS) is 14.7. The fourth-order valence-electron chi connectivity index (χ4n) is 1.76. The summed E-state index contributed by atoms with van der Waals surface area (Å²) in [6.45, 7) is 2.85. The van der Waals surface area contributed by atoms with E-state index in [0.29, 0.717) is 6.42 Å². The number of nitrogens with zero attached hydrogens (tertiary/aromatic N) is 1. The Hall–Kier alpha value is -1.23. The van der Waals surface area contributed by atoms with Gasteiger partial charge in [-0.15, -0.1) is 0 Å². The van der Waals surface area contributed by atoms with E-state index in [1.54, 1.807) is 7.11 Å². The Labute approximate surface area is 115 Å². The van der Waals surface area contributed by atoms with Crippen LogP contribution in [0.1, 0.15) is 25.3 Å². The second-order valence-corrected chi connectivity index (χ2v) is 4.41. The number of benzene rings is 1. The molecule has 0 aliphatic rings. The number of nitrogens with one attached hydrogen (secondary N) is 1. The van der Waals surface area contributed by atoms with Gasteiger partial charge in [-0.05, 0) is 12.0 Å². The van der Waals surface area contributed by atoms with Crippen molar-refractivity contribution in [2.75, 3.05) is 13.7 Å². The Morgan fingerprint density at radius 2 is 2.11 bits per heavy atom. The van der Waals surface area contributed by atoms with Gasteiger partial charge < -0.3 is 15.2 Å². The molecule has 0 heterocycles. The van der Waals surface area contributed by atoms with Gasteiger partial charge in [0.05, 0.1) is 6.61 Å². The maximum atomic E-state index is 9.40. The molecular weight excluding hydrogens is 240 g/mol. The van der Waals surface area contributed by atoms with Crippen LogP contribution in [-0.2, 0) is 11.3 Å². The van der Waals surface area contributed by atoms with E-state index < -0.39 is 0 Å². The Bertz CT molecular complexity index is 354. The average molecular weight is 264 g/mol. The molecule has 0 fully saturated rings. The van der Waals surface area contributed by atoms with Crippen LogP contribution in [0.2, 0.25) is 0 Å². The topological polar surface area (TPSA) is 53.9 Å². The van der Waals surface area contributed by atoms with E-state index in [-0.39, 0.29) is 18.9 Å². The van der Waals surface area contributed by atoms with E-state index in [1.165, 1.54) is 5.56 Å². The first-order valence-electron chi connectivity index (χ1n) is 6.72. The van der Waals surface area contributed by atoms with Gasteiger partial charge in [0.1, 0.15) is 6.23 Å². The Morgan fingerprint density at radius 1 is 1.37 bits per heavy atom. The highest BCUT2D eigenvalue weighted by molar-refractivity contribution is 5.56. The van der Waals surface area contributed by atoms with Gasteiger partial charge in [-0.2, -0.15) is 0 Å². The van der Waals surface area contributed by atoms with Crippen molar-refractivity contribution in [3.63, 3.8) is 0 Å². The molecule has 1 unspecified atom stereocenters. The molecule has 0 aliphatic heterocycles. The maximum Gasteiger partial charge on any atom is 0.149 e. The van der Waals surface area contributed by atoms with Gasteiger partial charge in [0.2, 0.25) is 0 Å². The monoisotopic (exact) mass is 264 g/mol. The molecule has 1 aromatic carbocycles. The average Bonchev–Trinajstić information content (AvgIpc) is 2.47. The molecule has 4 heteroatoms. The Balaban J connectivity index is 2.42. The standard InChI is InChI=1S/C15H24N2O2/c1-3-9-16-15(19-2)10-14(12-18)17-11-13-7-5-4-6-8-13/h4-9,14-15,17-18H,3,10-12H2,1-2H3/t14-,15?/m0/s1.